The lowest BCUT2D eigenvalue weighted by atomic mass is 10.2. The lowest BCUT2D eigenvalue weighted by Gasteiger charge is -2.06. The Kier molecular flexibility index (Phi) is 5.17. The Morgan fingerprint density at radius 1 is 1.48 bits per heavy atom. The minimum Gasteiger partial charge on any atom is -0.504 e. The number of nitrogens with zero attached hydrogens (tertiary/aromatic N) is 2. The zero-order chi connectivity index (χ0) is 17.0. The second kappa shape index (κ2) is 7.10. The Labute approximate surface area is 140 Å². The van der Waals surface area contributed by atoms with E-state index in [2.05, 4.69) is 26.5 Å². The van der Waals surface area contributed by atoms with Gasteiger partial charge in [-0.1, -0.05) is 15.9 Å². The number of amides is 1. The van der Waals surface area contributed by atoms with Crippen LogP contribution in [0.3, 0.4) is 0 Å². The molecule has 0 atom stereocenters. The van der Waals surface area contributed by atoms with Gasteiger partial charge in [0.15, 0.2) is 11.5 Å². The smallest absolute Gasteiger partial charge is 0.276 e. The molecular weight excluding hydrogens is 366 g/mol. The van der Waals surface area contributed by atoms with Crippen LogP contribution in [0.1, 0.15) is 15.9 Å². The van der Waals surface area contributed by atoms with Gasteiger partial charge >= 0.3 is 0 Å². The predicted octanol–water partition coefficient (Wildman–Crippen LogP) is 1.63. The third kappa shape index (κ3) is 3.78. The monoisotopic (exact) mass is 379 g/mol. The summed E-state index contributed by atoms with van der Waals surface area (Å²) in [5, 5.41) is 13.7. The van der Waals surface area contributed by atoms with Gasteiger partial charge < -0.3 is 14.4 Å². The van der Waals surface area contributed by atoms with E-state index < -0.39 is 11.5 Å². The highest BCUT2D eigenvalue weighted by molar-refractivity contribution is 9.10. The number of aryl methyl sites for hydroxylation is 1. The molecule has 0 fully saturated rings. The van der Waals surface area contributed by atoms with Gasteiger partial charge in [-0.25, -0.2) is 5.43 Å². The molecule has 2 N–H and O–H groups in total. The van der Waals surface area contributed by atoms with Gasteiger partial charge in [-0.15, -0.1) is 0 Å². The molecule has 2 rings (SSSR count). The summed E-state index contributed by atoms with van der Waals surface area (Å²) in [5.41, 5.74) is 2.15. The van der Waals surface area contributed by atoms with Crippen molar-refractivity contribution < 1.29 is 14.6 Å². The number of hydrogen-bond donors (Lipinski definition) is 2. The topological polar surface area (TPSA) is 92.9 Å². The molecule has 0 saturated heterocycles. The molecule has 1 aromatic carbocycles. The van der Waals surface area contributed by atoms with Gasteiger partial charge in [0.2, 0.25) is 0 Å². The molecule has 23 heavy (non-hydrogen) atoms. The molecule has 7 nitrogen and oxygen atoms in total. The molecule has 0 saturated carbocycles. The van der Waals surface area contributed by atoms with Crippen molar-refractivity contribution in [2.45, 2.75) is 0 Å². The first-order valence-electron chi connectivity index (χ1n) is 6.49. The standard InChI is InChI=1S/C15H14BrN3O4/c1-19-5-3-4-11(15(19)22)14(21)18-17-8-9-6-10(16)7-12(23-2)13(9)20/h3-8,20H,1-2H3,(H,18,21)/b17-8-. The van der Waals surface area contributed by atoms with Crippen LogP contribution < -0.4 is 15.7 Å². The van der Waals surface area contributed by atoms with E-state index in [0.29, 0.717) is 10.0 Å². The molecule has 2 aromatic rings. The highest BCUT2D eigenvalue weighted by atomic mass is 79.9. The average Bonchev–Trinajstić information content (AvgIpc) is 2.52. The van der Waals surface area contributed by atoms with Gasteiger partial charge in [0.05, 0.1) is 13.3 Å². The molecule has 0 unspecified atom stereocenters. The SMILES string of the molecule is COc1cc(Br)cc(/C=N\NC(=O)c2cccn(C)c2=O)c1O. The van der Waals surface area contributed by atoms with Crippen molar-refractivity contribution in [3.05, 3.63) is 56.4 Å². The van der Waals surface area contributed by atoms with E-state index in [4.69, 9.17) is 4.74 Å². The van der Waals surface area contributed by atoms with E-state index in [1.165, 1.54) is 24.0 Å². The molecule has 0 aliphatic carbocycles. The molecule has 120 valence electrons. The molecule has 0 aliphatic rings. The molecule has 1 amide bonds. The molecule has 0 bridgehead atoms. The van der Waals surface area contributed by atoms with Crippen LogP contribution in [-0.4, -0.2) is 28.9 Å². The second-order valence-electron chi connectivity index (χ2n) is 4.58. The number of carbonyl (C=O) groups is 1. The van der Waals surface area contributed by atoms with Crippen molar-refractivity contribution in [3.8, 4) is 11.5 Å². The van der Waals surface area contributed by atoms with E-state index in [-0.39, 0.29) is 17.1 Å². The maximum atomic E-state index is 11.9. The summed E-state index contributed by atoms with van der Waals surface area (Å²) in [6.07, 6.45) is 2.81. The first kappa shape index (κ1) is 16.8. The minimum absolute atomic E-state index is 0.0248. The number of phenolic OH excluding ortho intramolecular Hbond substituents is 1. The van der Waals surface area contributed by atoms with Crippen molar-refractivity contribution in [2.75, 3.05) is 7.11 Å². The number of methoxy groups -OCH3 is 1. The fraction of sp³-hybridized carbons (Fsp3) is 0.133. The maximum absolute atomic E-state index is 11.9. The van der Waals surface area contributed by atoms with E-state index in [1.54, 1.807) is 31.4 Å². The second-order valence-corrected chi connectivity index (χ2v) is 5.50. The van der Waals surface area contributed by atoms with Crippen molar-refractivity contribution in [1.29, 1.82) is 0 Å². The molecular formula is C15H14BrN3O4. The Morgan fingerprint density at radius 3 is 2.91 bits per heavy atom. The predicted molar refractivity (Wildman–Crippen MR) is 89.1 cm³/mol. The Balaban J connectivity index is 2.19. The highest BCUT2D eigenvalue weighted by Gasteiger charge is 2.11. The van der Waals surface area contributed by atoms with Crippen LogP contribution in [0.25, 0.3) is 0 Å². The van der Waals surface area contributed by atoms with E-state index in [9.17, 15) is 14.7 Å². The summed E-state index contributed by atoms with van der Waals surface area (Å²) in [5.74, 6) is -0.475. The third-order valence-electron chi connectivity index (χ3n) is 3.03. The van der Waals surface area contributed by atoms with E-state index >= 15 is 0 Å². The van der Waals surface area contributed by atoms with Crippen LogP contribution in [-0.2, 0) is 7.05 Å². The van der Waals surface area contributed by atoms with Gasteiger partial charge in [0.25, 0.3) is 11.5 Å². The molecule has 1 aromatic heterocycles. The fourth-order valence-electron chi connectivity index (χ4n) is 1.84. The number of aromatic nitrogens is 1. The number of halogens is 1. The van der Waals surface area contributed by atoms with Gasteiger partial charge in [-0.2, -0.15) is 5.10 Å². The van der Waals surface area contributed by atoms with Crippen LogP contribution in [0.4, 0.5) is 0 Å². The first-order chi connectivity index (χ1) is 10.9. The van der Waals surface area contributed by atoms with Crippen molar-refractivity contribution in [2.24, 2.45) is 12.1 Å². The first-order valence-corrected chi connectivity index (χ1v) is 7.29. The van der Waals surface area contributed by atoms with Crippen molar-refractivity contribution >= 4 is 28.1 Å². The molecule has 8 heteroatoms. The van der Waals surface area contributed by atoms with Crippen LogP contribution in [0.2, 0.25) is 0 Å². The molecule has 0 radical (unpaired) electrons. The Hall–Kier alpha value is -2.61. The van der Waals surface area contributed by atoms with E-state index in [0.717, 1.165) is 0 Å². The quantitative estimate of drug-likeness (QED) is 0.623. The lowest BCUT2D eigenvalue weighted by Crippen LogP contribution is -2.29. The average molecular weight is 380 g/mol. The number of hydrazone groups is 1. The third-order valence-corrected chi connectivity index (χ3v) is 3.48. The van der Waals surface area contributed by atoms with Crippen LogP contribution in [0.15, 0.2) is 44.8 Å². The van der Waals surface area contributed by atoms with Crippen molar-refractivity contribution in [3.63, 3.8) is 0 Å². The molecule has 0 spiro atoms. The van der Waals surface area contributed by atoms with Gasteiger partial charge in [-0.3, -0.25) is 9.59 Å². The normalized spacial score (nSPS) is 10.7. The number of phenols is 1. The molecule has 0 aliphatic heterocycles. The summed E-state index contributed by atoms with van der Waals surface area (Å²) in [7, 11) is 2.98. The number of hydrogen-bond acceptors (Lipinski definition) is 5. The highest BCUT2D eigenvalue weighted by Crippen LogP contribution is 2.32. The molecule has 1 heterocycles. The minimum atomic E-state index is -0.635. The number of pyridine rings is 1. The summed E-state index contributed by atoms with van der Waals surface area (Å²) in [6.45, 7) is 0. The lowest BCUT2D eigenvalue weighted by molar-refractivity contribution is 0.0953. The number of rotatable bonds is 4. The maximum Gasteiger partial charge on any atom is 0.276 e. The summed E-state index contributed by atoms with van der Waals surface area (Å²) in [6, 6.07) is 6.20. The van der Waals surface area contributed by atoms with Crippen LogP contribution in [0, 0.1) is 0 Å². The van der Waals surface area contributed by atoms with Gasteiger partial charge in [0.1, 0.15) is 5.56 Å². The largest absolute Gasteiger partial charge is 0.504 e. The number of benzene rings is 1. The Bertz CT molecular complexity index is 830. The summed E-state index contributed by atoms with van der Waals surface area (Å²) >= 11 is 3.28. The Morgan fingerprint density at radius 2 is 2.22 bits per heavy atom. The zero-order valence-corrected chi connectivity index (χ0v) is 14.0. The van der Waals surface area contributed by atoms with Crippen LogP contribution in [0.5, 0.6) is 11.5 Å². The number of carbonyl (C=O) groups excluding carboxylic acids is 1. The summed E-state index contributed by atoms with van der Waals surface area (Å²) in [4.78, 5) is 23.8. The zero-order valence-electron chi connectivity index (χ0n) is 12.4. The van der Waals surface area contributed by atoms with Gasteiger partial charge in [0, 0.05) is 23.3 Å². The number of nitrogens with one attached hydrogen (secondary N) is 1. The van der Waals surface area contributed by atoms with E-state index in [1.807, 2.05) is 0 Å². The summed E-state index contributed by atoms with van der Waals surface area (Å²) < 4.78 is 6.99. The number of ether oxygens (including phenoxy) is 1. The fourth-order valence-corrected chi connectivity index (χ4v) is 2.29. The van der Waals surface area contributed by atoms with Crippen LogP contribution >= 0.6 is 15.9 Å². The van der Waals surface area contributed by atoms with Crippen molar-refractivity contribution in [1.82, 2.24) is 9.99 Å². The number of aromatic hydroxyl groups is 1. The van der Waals surface area contributed by atoms with Gasteiger partial charge in [-0.05, 0) is 24.3 Å².